The molecule has 54 valence electrons. The number of piperidine rings is 1. The van der Waals surface area contributed by atoms with Crippen molar-refractivity contribution >= 4 is 18.2 Å². The van der Waals surface area contributed by atoms with Crippen LogP contribution in [0, 0.1) is 5.92 Å². The summed E-state index contributed by atoms with van der Waals surface area (Å²) < 4.78 is 0. The van der Waals surface area contributed by atoms with Crippen LogP contribution < -0.4 is 5.32 Å². The van der Waals surface area contributed by atoms with Crippen LogP contribution in [0.15, 0.2) is 0 Å². The monoisotopic (exact) mass is 149 g/mol. The molecule has 2 nitrogen and oxygen atoms in total. The van der Waals surface area contributed by atoms with Gasteiger partial charge in [-0.05, 0) is 0 Å². The van der Waals surface area contributed by atoms with Crippen molar-refractivity contribution in [3.8, 4) is 0 Å². The van der Waals surface area contributed by atoms with Crippen molar-refractivity contribution in [3.05, 3.63) is 0 Å². The molecule has 1 N–H and O–H groups in total. The lowest BCUT2D eigenvalue weighted by atomic mass is 10.0. The molecule has 0 aromatic rings. The molecule has 3 heteroatoms. The van der Waals surface area contributed by atoms with E-state index in [9.17, 15) is 4.79 Å². The summed E-state index contributed by atoms with van der Waals surface area (Å²) in [5, 5.41) is 3.14. The van der Waals surface area contributed by atoms with Gasteiger partial charge in [0.15, 0.2) is 0 Å². The number of halogens is 1. The summed E-state index contributed by atoms with van der Waals surface area (Å²) in [5.41, 5.74) is 0. The van der Waals surface area contributed by atoms with Gasteiger partial charge in [0, 0.05) is 25.4 Å². The van der Waals surface area contributed by atoms with E-state index < -0.39 is 0 Å². The Kier molecular flexibility index (Phi) is 3.82. The lowest BCUT2D eigenvalue weighted by molar-refractivity contribution is -0.123. The van der Waals surface area contributed by atoms with Gasteiger partial charge in [0.25, 0.3) is 0 Å². The minimum atomic E-state index is 0. The smallest absolute Gasteiger partial charge is 0.138 e. The Bertz CT molecular complexity index is 105. The highest BCUT2D eigenvalue weighted by atomic mass is 35.5. The van der Waals surface area contributed by atoms with E-state index >= 15 is 0 Å². The molecule has 9 heavy (non-hydrogen) atoms. The number of hydrogen-bond acceptors (Lipinski definition) is 2. The van der Waals surface area contributed by atoms with Crippen molar-refractivity contribution < 1.29 is 4.79 Å². The van der Waals surface area contributed by atoms with Crippen molar-refractivity contribution in [2.75, 3.05) is 13.1 Å². The summed E-state index contributed by atoms with van der Waals surface area (Å²) in [4.78, 5) is 10.8. The predicted octanol–water partition coefficient (Wildman–Crippen LogP) is 0.607. The van der Waals surface area contributed by atoms with E-state index in [4.69, 9.17) is 0 Å². The number of carbonyl (C=O) groups is 1. The second-order valence-corrected chi connectivity index (χ2v) is 2.32. The van der Waals surface area contributed by atoms with Crippen molar-refractivity contribution in [2.45, 2.75) is 13.3 Å². The van der Waals surface area contributed by atoms with E-state index in [1.165, 1.54) is 0 Å². The van der Waals surface area contributed by atoms with Crippen LogP contribution in [0.25, 0.3) is 0 Å². The van der Waals surface area contributed by atoms with Crippen molar-refractivity contribution in [1.82, 2.24) is 5.32 Å². The number of Topliss-reactive ketones (excluding diaryl/α,β-unsaturated/α-hetero) is 1. The molecule has 0 bridgehead atoms. The molecule has 1 fully saturated rings. The topological polar surface area (TPSA) is 29.1 Å². The molecular formula is C6H12ClNO. The van der Waals surface area contributed by atoms with E-state index in [1.54, 1.807) is 0 Å². The van der Waals surface area contributed by atoms with Crippen molar-refractivity contribution in [1.29, 1.82) is 0 Å². The molecule has 1 aliphatic heterocycles. The third-order valence-corrected chi connectivity index (χ3v) is 1.55. The van der Waals surface area contributed by atoms with E-state index in [0.29, 0.717) is 5.78 Å². The molecular weight excluding hydrogens is 138 g/mol. The minimum Gasteiger partial charge on any atom is -0.316 e. The Balaban J connectivity index is 0.000000640. The predicted molar refractivity (Wildman–Crippen MR) is 38.9 cm³/mol. The standard InChI is InChI=1S/C6H11NO.ClH/c1-5-4-7-3-2-6(5)8;/h5,7H,2-4H2,1H3;1H. The van der Waals surface area contributed by atoms with Gasteiger partial charge in [-0.15, -0.1) is 12.4 Å². The van der Waals surface area contributed by atoms with Crippen LogP contribution in [-0.4, -0.2) is 18.9 Å². The fourth-order valence-electron chi connectivity index (χ4n) is 0.890. The van der Waals surface area contributed by atoms with Gasteiger partial charge < -0.3 is 5.32 Å². The van der Waals surface area contributed by atoms with Crippen LogP contribution in [-0.2, 0) is 4.79 Å². The number of nitrogens with one attached hydrogen (secondary N) is 1. The van der Waals surface area contributed by atoms with Crippen LogP contribution in [0.5, 0.6) is 0 Å². The number of carbonyl (C=O) groups excluding carboxylic acids is 1. The SMILES string of the molecule is CC1CNCCC1=O.Cl. The number of hydrogen-bond donors (Lipinski definition) is 1. The Morgan fingerprint density at radius 1 is 1.67 bits per heavy atom. The number of ketones is 1. The zero-order valence-electron chi connectivity index (χ0n) is 5.52. The Hall–Kier alpha value is -0.0800. The molecule has 0 aliphatic carbocycles. The summed E-state index contributed by atoms with van der Waals surface area (Å²) in [6.45, 7) is 3.72. The molecule has 1 heterocycles. The Morgan fingerprint density at radius 2 is 2.33 bits per heavy atom. The van der Waals surface area contributed by atoms with Gasteiger partial charge in [0.05, 0.1) is 0 Å². The number of rotatable bonds is 0. The Morgan fingerprint density at radius 3 is 2.67 bits per heavy atom. The van der Waals surface area contributed by atoms with E-state index in [2.05, 4.69) is 5.32 Å². The van der Waals surface area contributed by atoms with Crippen LogP contribution in [0.1, 0.15) is 13.3 Å². The lowest BCUT2D eigenvalue weighted by Gasteiger charge is -2.16. The third-order valence-electron chi connectivity index (χ3n) is 1.55. The summed E-state index contributed by atoms with van der Waals surface area (Å²) in [5.74, 6) is 0.660. The van der Waals surface area contributed by atoms with E-state index in [1.807, 2.05) is 6.92 Å². The maximum absolute atomic E-state index is 10.8. The second kappa shape index (κ2) is 3.85. The van der Waals surface area contributed by atoms with Crippen LogP contribution in [0.4, 0.5) is 0 Å². The molecule has 0 aromatic heterocycles. The summed E-state index contributed by atoms with van der Waals surface area (Å²) in [6.07, 6.45) is 0.723. The van der Waals surface area contributed by atoms with Gasteiger partial charge in [0.1, 0.15) is 5.78 Å². The first kappa shape index (κ1) is 8.92. The van der Waals surface area contributed by atoms with Gasteiger partial charge in [-0.2, -0.15) is 0 Å². The van der Waals surface area contributed by atoms with Crippen molar-refractivity contribution in [3.63, 3.8) is 0 Å². The molecule has 0 radical (unpaired) electrons. The molecule has 0 spiro atoms. The highest BCUT2D eigenvalue weighted by Crippen LogP contribution is 2.02. The summed E-state index contributed by atoms with van der Waals surface area (Å²) in [6, 6.07) is 0. The van der Waals surface area contributed by atoms with Gasteiger partial charge in [-0.1, -0.05) is 6.92 Å². The van der Waals surface area contributed by atoms with Crippen LogP contribution in [0.2, 0.25) is 0 Å². The normalized spacial score (nSPS) is 27.2. The molecule has 0 saturated carbocycles. The highest BCUT2D eigenvalue weighted by molar-refractivity contribution is 5.85. The third kappa shape index (κ3) is 2.33. The fraction of sp³-hybridized carbons (Fsp3) is 0.833. The minimum absolute atomic E-state index is 0. The highest BCUT2D eigenvalue weighted by Gasteiger charge is 2.15. The van der Waals surface area contributed by atoms with Crippen LogP contribution in [0.3, 0.4) is 0 Å². The lowest BCUT2D eigenvalue weighted by Crippen LogP contribution is -2.34. The first-order valence-corrected chi connectivity index (χ1v) is 3.04. The molecule has 1 aliphatic rings. The Labute approximate surface area is 61.4 Å². The average molecular weight is 150 g/mol. The van der Waals surface area contributed by atoms with Gasteiger partial charge >= 0.3 is 0 Å². The molecule has 0 aromatic carbocycles. The molecule has 1 rings (SSSR count). The zero-order chi connectivity index (χ0) is 5.98. The summed E-state index contributed by atoms with van der Waals surface area (Å²) in [7, 11) is 0. The first-order chi connectivity index (χ1) is 3.80. The largest absolute Gasteiger partial charge is 0.316 e. The molecule has 1 atom stereocenters. The quantitative estimate of drug-likeness (QED) is 0.547. The molecule has 1 saturated heterocycles. The fourth-order valence-corrected chi connectivity index (χ4v) is 0.890. The second-order valence-electron chi connectivity index (χ2n) is 2.32. The zero-order valence-corrected chi connectivity index (χ0v) is 6.33. The maximum atomic E-state index is 10.8. The van der Waals surface area contributed by atoms with E-state index in [0.717, 1.165) is 19.5 Å². The van der Waals surface area contributed by atoms with Crippen molar-refractivity contribution in [2.24, 2.45) is 5.92 Å². The van der Waals surface area contributed by atoms with Gasteiger partial charge in [0.2, 0.25) is 0 Å². The van der Waals surface area contributed by atoms with Crippen LogP contribution >= 0.6 is 12.4 Å². The summed E-state index contributed by atoms with van der Waals surface area (Å²) >= 11 is 0. The first-order valence-electron chi connectivity index (χ1n) is 3.04. The maximum Gasteiger partial charge on any atom is 0.138 e. The molecule has 0 amide bonds. The molecule has 1 unspecified atom stereocenters. The average Bonchev–Trinajstić information content (AvgIpc) is 1.77. The van der Waals surface area contributed by atoms with Gasteiger partial charge in [-0.25, -0.2) is 0 Å². The van der Waals surface area contributed by atoms with Gasteiger partial charge in [-0.3, -0.25) is 4.79 Å². The van der Waals surface area contributed by atoms with E-state index in [-0.39, 0.29) is 18.3 Å².